The number of hydrogen-bond acceptors (Lipinski definition) is 4. The van der Waals surface area contributed by atoms with Gasteiger partial charge >= 0.3 is 5.97 Å². The Labute approximate surface area is 130 Å². The average molecular weight is 390 g/mol. The fraction of sp³-hybridized carbons (Fsp3) is 0.462. The largest absolute Gasteiger partial charge is 0.481 e. The van der Waals surface area contributed by atoms with Crippen LogP contribution >= 0.6 is 22.6 Å². The third-order valence-corrected chi connectivity index (χ3v) is 4.04. The maximum absolute atomic E-state index is 11.0. The van der Waals surface area contributed by atoms with E-state index in [-0.39, 0.29) is 11.6 Å². The molecule has 0 aromatic heterocycles. The van der Waals surface area contributed by atoms with Crippen molar-refractivity contribution in [3.8, 4) is 0 Å². The van der Waals surface area contributed by atoms with Crippen molar-refractivity contribution in [1.29, 1.82) is 0 Å². The number of halogens is 1. The molecular weight excluding hydrogens is 375 g/mol. The molecule has 0 radical (unpaired) electrons. The fourth-order valence-electron chi connectivity index (χ4n) is 2.49. The van der Waals surface area contributed by atoms with E-state index in [0.717, 1.165) is 22.1 Å². The predicted molar refractivity (Wildman–Crippen MR) is 81.5 cm³/mol. The highest BCUT2D eigenvalue weighted by Crippen LogP contribution is 2.23. The molecular formula is C13H15IN2O4. The molecule has 108 valence electrons. The van der Waals surface area contributed by atoms with Gasteiger partial charge in [0, 0.05) is 28.8 Å². The summed E-state index contributed by atoms with van der Waals surface area (Å²) < 4.78 is 0.818. The van der Waals surface area contributed by atoms with E-state index in [1.54, 1.807) is 6.07 Å². The third kappa shape index (κ3) is 3.89. The second kappa shape index (κ2) is 6.49. The molecule has 20 heavy (non-hydrogen) atoms. The molecule has 0 aliphatic carbocycles. The van der Waals surface area contributed by atoms with Crippen molar-refractivity contribution in [2.24, 2.45) is 5.92 Å². The average Bonchev–Trinajstić information content (AvgIpc) is 2.38. The minimum atomic E-state index is -0.761. The lowest BCUT2D eigenvalue weighted by molar-refractivity contribution is -0.385. The van der Waals surface area contributed by atoms with Crippen LogP contribution in [0.1, 0.15) is 18.4 Å². The molecule has 1 unspecified atom stereocenters. The molecule has 1 aliphatic rings. The molecule has 2 rings (SSSR count). The summed E-state index contributed by atoms with van der Waals surface area (Å²) in [7, 11) is 0. The van der Waals surface area contributed by atoms with Gasteiger partial charge in [-0.3, -0.25) is 19.8 Å². The number of aliphatic carboxylic acids is 1. The van der Waals surface area contributed by atoms with Gasteiger partial charge in [0.15, 0.2) is 0 Å². The zero-order valence-electron chi connectivity index (χ0n) is 10.8. The van der Waals surface area contributed by atoms with E-state index in [9.17, 15) is 14.9 Å². The van der Waals surface area contributed by atoms with Gasteiger partial charge in [0.25, 0.3) is 5.69 Å². The summed E-state index contributed by atoms with van der Waals surface area (Å²) in [6, 6.07) is 4.99. The number of carboxylic acid groups (broad SMARTS) is 1. The molecule has 0 amide bonds. The van der Waals surface area contributed by atoms with Gasteiger partial charge in [-0.05, 0) is 53.6 Å². The maximum Gasteiger partial charge on any atom is 0.307 e. The second-order valence-electron chi connectivity index (χ2n) is 4.99. The smallest absolute Gasteiger partial charge is 0.307 e. The van der Waals surface area contributed by atoms with Gasteiger partial charge < -0.3 is 5.11 Å². The van der Waals surface area contributed by atoms with Crippen molar-refractivity contribution in [2.45, 2.75) is 19.4 Å². The van der Waals surface area contributed by atoms with Gasteiger partial charge in [0.1, 0.15) is 0 Å². The first-order valence-corrected chi connectivity index (χ1v) is 7.42. The van der Waals surface area contributed by atoms with Crippen LogP contribution in [-0.2, 0) is 11.3 Å². The van der Waals surface area contributed by atoms with E-state index in [4.69, 9.17) is 5.11 Å². The van der Waals surface area contributed by atoms with Crippen molar-refractivity contribution in [1.82, 2.24) is 4.90 Å². The Hall–Kier alpha value is -1.22. The SMILES string of the molecule is O=C(O)C1CCCN(Cc2cc(I)cc([N+](=O)[O-])c2)C1. The summed E-state index contributed by atoms with van der Waals surface area (Å²) >= 11 is 2.06. The molecule has 1 heterocycles. The van der Waals surface area contributed by atoms with E-state index in [1.165, 1.54) is 6.07 Å². The first-order valence-electron chi connectivity index (χ1n) is 6.34. The number of nitro groups is 1. The van der Waals surface area contributed by atoms with Gasteiger partial charge in [-0.1, -0.05) is 0 Å². The molecule has 1 aliphatic heterocycles. The standard InChI is InChI=1S/C13H15IN2O4/c14-11-4-9(5-12(6-11)16(19)20)7-15-3-1-2-10(8-15)13(17)18/h4-6,10H,1-3,7-8H2,(H,17,18). The number of nitro benzene ring substituents is 1. The Morgan fingerprint density at radius 1 is 1.50 bits per heavy atom. The first-order chi connectivity index (χ1) is 9.45. The monoisotopic (exact) mass is 390 g/mol. The zero-order valence-corrected chi connectivity index (χ0v) is 12.9. The van der Waals surface area contributed by atoms with E-state index < -0.39 is 10.9 Å². The highest BCUT2D eigenvalue weighted by molar-refractivity contribution is 14.1. The highest BCUT2D eigenvalue weighted by Gasteiger charge is 2.25. The Bertz CT molecular complexity index is 535. The summed E-state index contributed by atoms with van der Waals surface area (Å²) in [5.41, 5.74) is 0.938. The van der Waals surface area contributed by atoms with Crippen LogP contribution < -0.4 is 0 Å². The molecule has 6 nitrogen and oxygen atoms in total. The number of hydrogen-bond donors (Lipinski definition) is 1. The van der Waals surface area contributed by atoms with Crippen LogP contribution in [0.4, 0.5) is 5.69 Å². The van der Waals surface area contributed by atoms with E-state index in [2.05, 4.69) is 27.5 Å². The van der Waals surface area contributed by atoms with E-state index in [0.29, 0.717) is 19.5 Å². The number of carbonyl (C=O) groups is 1. The minimum Gasteiger partial charge on any atom is -0.481 e. The van der Waals surface area contributed by atoms with Crippen molar-refractivity contribution in [3.63, 3.8) is 0 Å². The predicted octanol–water partition coefficient (Wildman–Crippen LogP) is 2.50. The topological polar surface area (TPSA) is 83.7 Å². The summed E-state index contributed by atoms with van der Waals surface area (Å²) in [5.74, 6) is -1.09. The lowest BCUT2D eigenvalue weighted by atomic mass is 9.98. The summed E-state index contributed by atoms with van der Waals surface area (Å²) in [6.07, 6.45) is 1.56. The van der Waals surface area contributed by atoms with Gasteiger partial charge in [0.2, 0.25) is 0 Å². The lowest BCUT2D eigenvalue weighted by Crippen LogP contribution is -2.38. The first kappa shape index (κ1) is 15.2. The third-order valence-electron chi connectivity index (χ3n) is 3.41. The number of carboxylic acids is 1. The van der Waals surface area contributed by atoms with Gasteiger partial charge in [-0.25, -0.2) is 0 Å². The van der Waals surface area contributed by atoms with Crippen LogP contribution in [-0.4, -0.2) is 34.0 Å². The quantitative estimate of drug-likeness (QED) is 0.485. The van der Waals surface area contributed by atoms with Gasteiger partial charge in [-0.15, -0.1) is 0 Å². The molecule has 1 aromatic carbocycles. The van der Waals surface area contributed by atoms with Gasteiger partial charge in [-0.2, -0.15) is 0 Å². The number of likely N-dealkylation sites (tertiary alicyclic amines) is 1. The van der Waals surface area contributed by atoms with Crippen LogP contribution in [0.2, 0.25) is 0 Å². The second-order valence-corrected chi connectivity index (χ2v) is 6.23. The maximum atomic E-state index is 11.0. The number of non-ortho nitro benzene ring substituents is 1. The lowest BCUT2D eigenvalue weighted by Gasteiger charge is -2.30. The molecule has 7 heteroatoms. The van der Waals surface area contributed by atoms with Crippen molar-refractivity contribution in [2.75, 3.05) is 13.1 Å². The van der Waals surface area contributed by atoms with Crippen LogP contribution in [0.3, 0.4) is 0 Å². The minimum absolute atomic E-state index is 0.0821. The number of nitrogens with zero attached hydrogens (tertiary/aromatic N) is 2. The van der Waals surface area contributed by atoms with Crippen LogP contribution in [0.5, 0.6) is 0 Å². The normalized spacial score (nSPS) is 19.8. The Kier molecular flexibility index (Phi) is 4.92. The van der Waals surface area contributed by atoms with Crippen LogP contribution in [0, 0.1) is 19.6 Å². The van der Waals surface area contributed by atoms with Crippen molar-refractivity contribution < 1.29 is 14.8 Å². The highest BCUT2D eigenvalue weighted by atomic mass is 127. The molecule has 1 fully saturated rings. The summed E-state index contributed by atoms with van der Waals surface area (Å²) in [5, 5.41) is 19.9. The Morgan fingerprint density at radius 3 is 2.90 bits per heavy atom. The molecule has 0 spiro atoms. The van der Waals surface area contributed by atoms with E-state index in [1.807, 2.05) is 6.07 Å². The molecule has 0 saturated carbocycles. The number of piperidine rings is 1. The molecule has 1 saturated heterocycles. The Morgan fingerprint density at radius 2 is 2.25 bits per heavy atom. The Balaban J connectivity index is 2.09. The van der Waals surface area contributed by atoms with Crippen LogP contribution in [0.15, 0.2) is 18.2 Å². The molecule has 1 atom stereocenters. The molecule has 1 aromatic rings. The van der Waals surface area contributed by atoms with Gasteiger partial charge in [0.05, 0.1) is 10.8 Å². The van der Waals surface area contributed by atoms with Crippen LogP contribution in [0.25, 0.3) is 0 Å². The number of rotatable bonds is 4. The number of benzene rings is 1. The summed E-state index contributed by atoms with van der Waals surface area (Å²) in [4.78, 5) is 23.5. The van der Waals surface area contributed by atoms with Crippen molar-refractivity contribution in [3.05, 3.63) is 37.4 Å². The fourth-order valence-corrected chi connectivity index (χ4v) is 3.21. The summed E-state index contributed by atoms with van der Waals surface area (Å²) in [6.45, 7) is 1.90. The molecule has 1 N–H and O–H groups in total. The molecule has 0 bridgehead atoms. The van der Waals surface area contributed by atoms with E-state index >= 15 is 0 Å². The zero-order chi connectivity index (χ0) is 14.7. The van der Waals surface area contributed by atoms with Crippen molar-refractivity contribution >= 4 is 34.2 Å².